The highest BCUT2D eigenvalue weighted by Gasteiger charge is 2.07. The molecular formula is C24H34N4S. The van der Waals surface area contributed by atoms with Crippen molar-refractivity contribution in [1.29, 1.82) is 10.7 Å². The molecule has 0 spiro atoms. The van der Waals surface area contributed by atoms with Gasteiger partial charge in [-0.25, -0.2) is 0 Å². The van der Waals surface area contributed by atoms with Crippen LogP contribution in [0, 0.1) is 16.1 Å². The minimum absolute atomic E-state index is 0.591. The first-order valence-electron chi connectivity index (χ1n) is 10.3. The molecule has 2 aromatic carbocycles. The number of nitriles is 1. The zero-order valence-corrected chi connectivity index (χ0v) is 19.0. The molecule has 0 saturated heterocycles. The molecule has 1 N–H and O–H groups in total. The molecule has 0 aliphatic rings. The van der Waals surface area contributed by atoms with Gasteiger partial charge in [-0.05, 0) is 37.3 Å². The fraction of sp³-hybridized carbons (Fsp3) is 0.417. The van der Waals surface area contributed by atoms with Crippen LogP contribution in [-0.4, -0.2) is 41.7 Å². The third kappa shape index (κ3) is 8.41. The van der Waals surface area contributed by atoms with Crippen molar-refractivity contribution in [3.63, 3.8) is 0 Å². The van der Waals surface area contributed by atoms with Gasteiger partial charge in [-0.1, -0.05) is 88.9 Å². The maximum atomic E-state index is 8.52. The fourth-order valence-electron chi connectivity index (χ4n) is 3.13. The van der Waals surface area contributed by atoms with Crippen molar-refractivity contribution >= 4 is 18.3 Å². The standard InChI is InChI=1S/C23H33N3.CHNS/c1-5-25(6-2)17-19-9-13-21(14-10-19)23(24)22-15-11-20(12-16-22)18-26(7-3)8-4;2-1-3/h9-16,24H,5-8,17-18H2,1-4H3;3H. The number of rotatable bonds is 10. The van der Waals surface area contributed by atoms with Gasteiger partial charge < -0.3 is 0 Å². The Morgan fingerprint density at radius 1 is 0.759 bits per heavy atom. The molecule has 0 fully saturated rings. The lowest BCUT2D eigenvalue weighted by atomic mass is 10.00. The Bertz CT molecular complexity index is 695. The van der Waals surface area contributed by atoms with Crippen LogP contribution in [0.25, 0.3) is 0 Å². The molecule has 2 aromatic rings. The summed E-state index contributed by atoms with van der Waals surface area (Å²) in [4.78, 5) is 4.80. The van der Waals surface area contributed by atoms with Crippen LogP contribution in [-0.2, 0) is 13.1 Å². The van der Waals surface area contributed by atoms with Crippen molar-refractivity contribution in [2.45, 2.75) is 40.8 Å². The molecule has 156 valence electrons. The third-order valence-corrected chi connectivity index (χ3v) is 5.09. The first-order valence-corrected chi connectivity index (χ1v) is 10.7. The maximum absolute atomic E-state index is 8.52. The summed E-state index contributed by atoms with van der Waals surface area (Å²) in [6, 6.07) is 16.9. The SMILES string of the molecule is CCN(CC)Cc1ccc(C(=N)c2ccc(CN(CC)CC)cc2)cc1.N#CS. The topological polar surface area (TPSA) is 54.1 Å². The largest absolute Gasteiger partial charge is 0.300 e. The lowest BCUT2D eigenvalue weighted by Gasteiger charge is -2.18. The molecule has 0 radical (unpaired) electrons. The van der Waals surface area contributed by atoms with Gasteiger partial charge in [0.25, 0.3) is 0 Å². The molecular weight excluding hydrogens is 376 g/mol. The van der Waals surface area contributed by atoms with Crippen LogP contribution < -0.4 is 0 Å². The van der Waals surface area contributed by atoms with Gasteiger partial charge in [-0.2, -0.15) is 5.26 Å². The van der Waals surface area contributed by atoms with E-state index >= 15 is 0 Å². The summed E-state index contributed by atoms with van der Waals surface area (Å²) in [7, 11) is 0. The van der Waals surface area contributed by atoms with Crippen LogP contribution in [0.4, 0.5) is 0 Å². The van der Waals surface area contributed by atoms with E-state index in [0.29, 0.717) is 5.71 Å². The second kappa shape index (κ2) is 13.9. The average molecular weight is 411 g/mol. The molecule has 0 aromatic heterocycles. The first kappa shape index (κ1) is 24.9. The lowest BCUT2D eigenvalue weighted by molar-refractivity contribution is 0.296. The molecule has 0 saturated carbocycles. The number of thiol groups is 1. The lowest BCUT2D eigenvalue weighted by Crippen LogP contribution is -2.22. The molecule has 0 atom stereocenters. The van der Waals surface area contributed by atoms with Crippen LogP contribution in [0.15, 0.2) is 48.5 Å². The quantitative estimate of drug-likeness (QED) is 0.322. The summed E-state index contributed by atoms with van der Waals surface area (Å²) in [6.07, 6.45) is 0. The van der Waals surface area contributed by atoms with Crippen LogP contribution in [0.1, 0.15) is 49.9 Å². The van der Waals surface area contributed by atoms with Gasteiger partial charge in [0.15, 0.2) is 0 Å². The molecule has 0 bridgehead atoms. The first-order chi connectivity index (χ1) is 14.0. The number of benzene rings is 2. The molecule has 0 unspecified atom stereocenters. The van der Waals surface area contributed by atoms with Crippen molar-refractivity contribution in [3.8, 4) is 5.40 Å². The molecule has 2 rings (SSSR count). The van der Waals surface area contributed by atoms with Crippen molar-refractivity contribution < 1.29 is 0 Å². The summed E-state index contributed by atoms with van der Waals surface area (Å²) in [5, 5.41) is 17.1. The van der Waals surface area contributed by atoms with E-state index in [4.69, 9.17) is 10.7 Å². The maximum Gasteiger partial charge on any atom is 0.130 e. The minimum atomic E-state index is 0.591. The van der Waals surface area contributed by atoms with Gasteiger partial charge in [0.05, 0.1) is 5.71 Å². The van der Waals surface area contributed by atoms with Crippen molar-refractivity contribution in [2.24, 2.45) is 0 Å². The minimum Gasteiger partial charge on any atom is -0.300 e. The Hall–Kier alpha value is -2.13. The highest BCUT2D eigenvalue weighted by Crippen LogP contribution is 2.14. The van der Waals surface area contributed by atoms with E-state index in [1.165, 1.54) is 16.5 Å². The van der Waals surface area contributed by atoms with Gasteiger partial charge in [0.2, 0.25) is 0 Å². The predicted octanol–water partition coefficient (Wildman–Crippen LogP) is 5.18. The number of nitrogens with one attached hydrogen (secondary N) is 1. The third-order valence-electron chi connectivity index (χ3n) is 5.09. The number of thiocyanates is 1. The molecule has 0 heterocycles. The second-order valence-corrected chi connectivity index (χ2v) is 6.99. The molecule has 4 nitrogen and oxygen atoms in total. The zero-order chi connectivity index (χ0) is 21.6. The smallest absolute Gasteiger partial charge is 0.130 e. The number of hydrogen-bond donors (Lipinski definition) is 2. The van der Waals surface area contributed by atoms with E-state index in [9.17, 15) is 0 Å². The van der Waals surface area contributed by atoms with Crippen LogP contribution >= 0.6 is 12.6 Å². The zero-order valence-electron chi connectivity index (χ0n) is 18.2. The number of hydrogen-bond acceptors (Lipinski definition) is 5. The Morgan fingerprint density at radius 3 is 1.28 bits per heavy atom. The van der Waals surface area contributed by atoms with Crippen LogP contribution in [0.3, 0.4) is 0 Å². The van der Waals surface area contributed by atoms with E-state index in [2.05, 4.69) is 98.7 Å². The number of nitrogens with zero attached hydrogens (tertiary/aromatic N) is 3. The normalized spacial score (nSPS) is 10.4. The van der Waals surface area contributed by atoms with Gasteiger partial charge in [-0.15, -0.1) is 0 Å². The Labute approximate surface area is 182 Å². The summed E-state index contributed by atoms with van der Waals surface area (Å²) in [5.74, 6) is 0. The van der Waals surface area contributed by atoms with E-state index in [0.717, 1.165) is 50.4 Å². The average Bonchev–Trinajstić information content (AvgIpc) is 2.76. The van der Waals surface area contributed by atoms with Crippen molar-refractivity contribution in [2.75, 3.05) is 26.2 Å². The van der Waals surface area contributed by atoms with Crippen molar-refractivity contribution in [3.05, 3.63) is 70.8 Å². The Morgan fingerprint density at radius 2 is 1.03 bits per heavy atom. The highest BCUT2D eigenvalue weighted by atomic mass is 32.1. The Balaban J connectivity index is 0.00000132. The summed E-state index contributed by atoms with van der Waals surface area (Å²) >= 11 is 3.09. The van der Waals surface area contributed by atoms with E-state index in [1.54, 1.807) is 0 Å². The highest BCUT2D eigenvalue weighted by molar-refractivity contribution is 7.85. The molecule has 29 heavy (non-hydrogen) atoms. The second-order valence-electron chi connectivity index (χ2n) is 6.79. The molecule has 0 aliphatic carbocycles. The van der Waals surface area contributed by atoms with Gasteiger partial charge in [0.1, 0.15) is 5.40 Å². The monoisotopic (exact) mass is 410 g/mol. The van der Waals surface area contributed by atoms with E-state index in [-0.39, 0.29) is 0 Å². The van der Waals surface area contributed by atoms with E-state index in [1.807, 2.05) is 0 Å². The van der Waals surface area contributed by atoms with Gasteiger partial charge in [-0.3, -0.25) is 15.2 Å². The van der Waals surface area contributed by atoms with Crippen LogP contribution in [0.2, 0.25) is 0 Å². The van der Waals surface area contributed by atoms with Gasteiger partial charge >= 0.3 is 0 Å². The summed E-state index contributed by atoms with van der Waals surface area (Å²) in [5.41, 5.74) is 5.16. The van der Waals surface area contributed by atoms with E-state index < -0.39 is 0 Å². The molecule has 0 amide bonds. The summed E-state index contributed by atoms with van der Waals surface area (Å²) in [6.45, 7) is 15.0. The molecule has 5 heteroatoms. The summed E-state index contributed by atoms with van der Waals surface area (Å²) < 4.78 is 0. The Kier molecular flexibility index (Phi) is 12.0. The van der Waals surface area contributed by atoms with Crippen molar-refractivity contribution in [1.82, 2.24) is 9.80 Å². The van der Waals surface area contributed by atoms with Gasteiger partial charge in [0, 0.05) is 24.2 Å². The predicted molar refractivity (Wildman–Crippen MR) is 127 cm³/mol. The molecule has 0 aliphatic heterocycles. The fourth-order valence-corrected chi connectivity index (χ4v) is 3.13. The van der Waals surface area contributed by atoms with Crippen LogP contribution in [0.5, 0.6) is 0 Å².